The predicted octanol–water partition coefficient (Wildman–Crippen LogP) is 4.87. The number of halogens is 1. The van der Waals surface area contributed by atoms with Crippen LogP contribution in [0.2, 0.25) is 5.02 Å². The number of thiophene rings is 1. The molecule has 1 atom stereocenters. The molecule has 4 aromatic rings. The van der Waals surface area contributed by atoms with Crippen LogP contribution in [0.1, 0.15) is 28.5 Å². The molecule has 2 aromatic heterocycles. The van der Waals surface area contributed by atoms with E-state index in [9.17, 15) is 9.59 Å². The first-order chi connectivity index (χ1) is 16.8. The summed E-state index contributed by atoms with van der Waals surface area (Å²) in [7, 11) is 5.51. The number of carbonyl (C=O) groups is 1. The zero-order valence-electron chi connectivity index (χ0n) is 20.1. The van der Waals surface area contributed by atoms with Crippen molar-refractivity contribution < 1.29 is 9.53 Å². The first-order valence-corrected chi connectivity index (χ1v) is 12.4. The van der Waals surface area contributed by atoms with Crippen LogP contribution in [0.4, 0.5) is 0 Å². The normalized spacial score (nSPS) is 12.2. The van der Waals surface area contributed by atoms with Crippen LogP contribution in [0.25, 0.3) is 16.6 Å². The van der Waals surface area contributed by atoms with Gasteiger partial charge in [-0.1, -0.05) is 17.7 Å². The van der Waals surface area contributed by atoms with Crippen LogP contribution in [0.15, 0.2) is 64.8 Å². The minimum atomic E-state index is -0.497. The Labute approximate surface area is 213 Å². The topological polar surface area (TPSA) is 67.7 Å². The smallest absolute Gasteiger partial charge is 0.266 e. The van der Waals surface area contributed by atoms with Gasteiger partial charge in [0.05, 0.1) is 34.6 Å². The molecular formula is C26H27ClN4O3S. The lowest BCUT2D eigenvalue weighted by Crippen LogP contribution is -2.40. The molecule has 35 heavy (non-hydrogen) atoms. The summed E-state index contributed by atoms with van der Waals surface area (Å²) >= 11 is 7.62. The number of methoxy groups -OCH3 is 1. The summed E-state index contributed by atoms with van der Waals surface area (Å²) in [4.78, 5) is 36.6. The molecule has 0 saturated carbocycles. The molecule has 0 bridgehead atoms. The molecule has 0 radical (unpaired) electrons. The minimum Gasteiger partial charge on any atom is -0.497 e. The number of nitrogens with zero attached hydrogens (tertiary/aromatic N) is 4. The van der Waals surface area contributed by atoms with Crippen molar-refractivity contribution in [3.8, 4) is 11.4 Å². The van der Waals surface area contributed by atoms with Gasteiger partial charge in [0.2, 0.25) is 0 Å². The van der Waals surface area contributed by atoms with Crippen molar-refractivity contribution in [3.05, 3.63) is 86.1 Å². The Morgan fingerprint density at radius 3 is 2.51 bits per heavy atom. The molecule has 0 aliphatic heterocycles. The molecule has 0 aliphatic carbocycles. The summed E-state index contributed by atoms with van der Waals surface area (Å²) in [6.45, 7) is 3.03. The number of fused-ring (bicyclic) bond motifs is 1. The van der Waals surface area contributed by atoms with Crippen LogP contribution in [0, 0.1) is 0 Å². The van der Waals surface area contributed by atoms with Crippen LogP contribution in [0.5, 0.6) is 5.75 Å². The Morgan fingerprint density at radius 2 is 1.89 bits per heavy atom. The van der Waals surface area contributed by atoms with Gasteiger partial charge in [0, 0.05) is 18.1 Å². The van der Waals surface area contributed by atoms with Crippen molar-refractivity contribution >= 4 is 39.7 Å². The van der Waals surface area contributed by atoms with Crippen molar-refractivity contribution in [1.29, 1.82) is 0 Å². The summed E-state index contributed by atoms with van der Waals surface area (Å²) in [5.41, 5.74) is 0.901. The van der Waals surface area contributed by atoms with E-state index in [4.69, 9.17) is 21.3 Å². The predicted molar refractivity (Wildman–Crippen MR) is 141 cm³/mol. The van der Waals surface area contributed by atoms with Gasteiger partial charge in [-0.05, 0) is 74.9 Å². The zero-order valence-corrected chi connectivity index (χ0v) is 21.6. The second kappa shape index (κ2) is 10.6. The summed E-state index contributed by atoms with van der Waals surface area (Å²) in [6.07, 6.45) is 0. The molecule has 0 saturated heterocycles. The maximum Gasteiger partial charge on any atom is 0.266 e. The number of hydrogen-bond donors (Lipinski definition) is 0. The van der Waals surface area contributed by atoms with Gasteiger partial charge in [-0.15, -0.1) is 11.3 Å². The molecule has 0 fully saturated rings. The average molecular weight is 511 g/mol. The quantitative estimate of drug-likeness (QED) is 0.338. The van der Waals surface area contributed by atoms with Gasteiger partial charge in [-0.3, -0.25) is 14.2 Å². The summed E-state index contributed by atoms with van der Waals surface area (Å²) in [5.74, 6) is 1.03. The van der Waals surface area contributed by atoms with Gasteiger partial charge in [-0.2, -0.15) is 0 Å². The Balaban J connectivity index is 1.91. The molecule has 2 heterocycles. The van der Waals surface area contributed by atoms with E-state index in [0.717, 1.165) is 0 Å². The number of amides is 1. The molecule has 7 nitrogen and oxygen atoms in total. The Kier molecular flexibility index (Phi) is 7.54. The molecule has 9 heteroatoms. The fraction of sp³-hybridized carbons (Fsp3) is 0.269. The highest BCUT2D eigenvalue weighted by Crippen LogP contribution is 2.27. The number of rotatable bonds is 8. The van der Waals surface area contributed by atoms with E-state index in [1.165, 1.54) is 11.3 Å². The molecule has 1 amide bonds. The standard InChI is InChI=1S/C26H27ClN4O3S/c1-17(30(14-13-29(2)3)26(33)23-6-5-15-35-23)24-28-22-16-18(27)7-12-21(22)25(32)31(24)19-8-10-20(34-4)11-9-19/h5-12,15-17H,13-14H2,1-4H3. The number of hydrogen-bond acceptors (Lipinski definition) is 6. The van der Waals surface area contributed by atoms with Crippen LogP contribution in [-0.4, -0.2) is 59.6 Å². The first-order valence-electron chi connectivity index (χ1n) is 11.2. The molecule has 0 N–H and O–H groups in total. The van der Waals surface area contributed by atoms with Gasteiger partial charge >= 0.3 is 0 Å². The molecular weight excluding hydrogens is 484 g/mol. The van der Waals surface area contributed by atoms with Gasteiger partial charge < -0.3 is 14.5 Å². The van der Waals surface area contributed by atoms with Gasteiger partial charge in [0.25, 0.3) is 11.5 Å². The molecule has 182 valence electrons. The lowest BCUT2D eigenvalue weighted by Gasteiger charge is -2.31. The largest absolute Gasteiger partial charge is 0.497 e. The van der Waals surface area contributed by atoms with Gasteiger partial charge in [0.15, 0.2) is 0 Å². The van der Waals surface area contributed by atoms with Crippen molar-refractivity contribution in [2.45, 2.75) is 13.0 Å². The van der Waals surface area contributed by atoms with E-state index >= 15 is 0 Å². The van der Waals surface area contributed by atoms with Crippen LogP contribution < -0.4 is 10.3 Å². The number of aromatic nitrogens is 2. The highest BCUT2D eigenvalue weighted by atomic mass is 35.5. The van der Waals surface area contributed by atoms with Gasteiger partial charge in [-0.25, -0.2) is 4.98 Å². The van der Waals surface area contributed by atoms with Crippen LogP contribution in [-0.2, 0) is 0 Å². The fourth-order valence-electron chi connectivity index (χ4n) is 3.90. The highest BCUT2D eigenvalue weighted by molar-refractivity contribution is 7.12. The number of carbonyl (C=O) groups excluding carboxylic acids is 1. The summed E-state index contributed by atoms with van der Waals surface area (Å²) < 4.78 is 6.86. The average Bonchev–Trinajstić information content (AvgIpc) is 3.38. The van der Waals surface area contributed by atoms with Gasteiger partial charge in [0.1, 0.15) is 11.6 Å². The van der Waals surface area contributed by atoms with E-state index in [0.29, 0.717) is 51.2 Å². The maximum atomic E-state index is 13.7. The first kappa shape index (κ1) is 24.9. The molecule has 0 spiro atoms. The lowest BCUT2D eigenvalue weighted by molar-refractivity contribution is 0.0672. The second-order valence-corrected chi connectivity index (χ2v) is 9.81. The summed E-state index contributed by atoms with van der Waals surface area (Å²) in [6, 6.07) is 15.4. The minimum absolute atomic E-state index is 0.101. The van der Waals surface area contributed by atoms with E-state index in [-0.39, 0.29) is 11.5 Å². The van der Waals surface area contributed by atoms with Crippen LogP contribution in [0.3, 0.4) is 0 Å². The van der Waals surface area contributed by atoms with Crippen molar-refractivity contribution in [1.82, 2.24) is 19.4 Å². The van der Waals surface area contributed by atoms with E-state index < -0.39 is 6.04 Å². The molecule has 0 aliphatic rings. The van der Waals surface area contributed by atoms with Crippen molar-refractivity contribution in [2.24, 2.45) is 0 Å². The van der Waals surface area contributed by atoms with E-state index in [2.05, 4.69) is 0 Å². The molecule has 4 rings (SSSR count). The third-order valence-corrected chi connectivity index (χ3v) is 6.90. The van der Waals surface area contributed by atoms with Crippen molar-refractivity contribution in [2.75, 3.05) is 34.3 Å². The van der Waals surface area contributed by atoms with Crippen molar-refractivity contribution in [3.63, 3.8) is 0 Å². The third-order valence-electron chi connectivity index (χ3n) is 5.81. The Bertz CT molecular complexity index is 1380. The maximum absolute atomic E-state index is 13.7. The molecule has 2 aromatic carbocycles. The number of ether oxygens (including phenoxy) is 1. The Hall–Kier alpha value is -3.20. The number of likely N-dealkylation sites (N-methyl/N-ethyl adjacent to an activating group) is 1. The van der Waals surface area contributed by atoms with Crippen LogP contribution >= 0.6 is 22.9 Å². The fourth-order valence-corrected chi connectivity index (χ4v) is 4.74. The SMILES string of the molecule is COc1ccc(-n2c(C(C)N(CCN(C)C)C(=O)c3cccs3)nc3cc(Cl)ccc3c2=O)cc1. The summed E-state index contributed by atoms with van der Waals surface area (Å²) in [5, 5.41) is 2.82. The monoisotopic (exact) mass is 510 g/mol. The number of benzene rings is 2. The Morgan fingerprint density at radius 1 is 1.14 bits per heavy atom. The van der Waals surface area contributed by atoms with E-state index in [1.54, 1.807) is 46.9 Å². The lowest BCUT2D eigenvalue weighted by atomic mass is 10.1. The molecule has 1 unspecified atom stereocenters. The van der Waals surface area contributed by atoms with E-state index in [1.807, 2.05) is 55.6 Å². The third kappa shape index (κ3) is 5.24. The second-order valence-electron chi connectivity index (χ2n) is 8.43. The zero-order chi connectivity index (χ0) is 25.1. The highest BCUT2D eigenvalue weighted by Gasteiger charge is 2.28.